The van der Waals surface area contributed by atoms with Crippen molar-refractivity contribution in [3.8, 4) is 45.4 Å². The number of aromatic nitrogens is 5. The topological polar surface area (TPSA) is 57.8 Å². The van der Waals surface area contributed by atoms with E-state index >= 15 is 0 Å². The van der Waals surface area contributed by atoms with Crippen LogP contribution in [0.1, 0.15) is 22.3 Å². The van der Waals surface area contributed by atoms with Gasteiger partial charge in [0.15, 0.2) is 0 Å². The van der Waals surface area contributed by atoms with E-state index in [1.54, 1.807) is 0 Å². The third-order valence-corrected chi connectivity index (χ3v) is 12.4. The lowest BCUT2D eigenvalue weighted by atomic mass is 9.66. The summed E-state index contributed by atoms with van der Waals surface area (Å²) in [5.74, 6) is 1.68. The molecule has 0 saturated carbocycles. The first-order valence-electron chi connectivity index (χ1n) is 19.6. The second kappa shape index (κ2) is 11.6. The lowest BCUT2D eigenvalue weighted by molar-refractivity contribution is 0.436. The number of hydrogen-bond donors (Lipinski definition) is 0. The first kappa shape index (κ1) is 31.4. The minimum Gasteiger partial charge on any atom is -0.457 e. The molecular weight excluding hydrogens is 711 g/mol. The van der Waals surface area contributed by atoms with E-state index in [0.717, 1.165) is 89.7 Å². The molecule has 0 unspecified atom stereocenters. The summed E-state index contributed by atoms with van der Waals surface area (Å²) in [6, 6.07) is 58.5. The van der Waals surface area contributed by atoms with E-state index in [1.165, 1.54) is 21.5 Å². The molecule has 1 spiro atoms. The van der Waals surface area contributed by atoms with E-state index in [9.17, 15) is 0 Å². The molecule has 6 heterocycles. The van der Waals surface area contributed by atoms with E-state index in [4.69, 9.17) is 19.7 Å². The Balaban J connectivity index is 1.03. The molecule has 0 N–H and O–H groups in total. The molecule has 5 aromatic heterocycles. The van der Waals surface area contributed by atoms with Gasteiger partial charge in [-0.15, -0.1) is 0 Å². The van der Waals surface area contributed by atoms with E-state index < -0.39 is 5.41 Å². The normalized spacial score (nSPS) is 13.4. The maximum atomic E-state index is 6.71. The Morgan fingerprint density at radius 3 is 1.64 bits per heavy atom. The fourth-order valence-corrected chi connectivity index (χ4v) is 10.1. The van der Waals surface area contributed by atoms with Gasteiger partial charge < -0.3 is 13.9 Å². The largest absolute Gasteiger partial charge is 0.457 e. The molecule has 6 nitrogen and oxygen atoms in total. The molecule has 6 aromatic carbocycles. The lowest BCUT2D eigenvalue weighted by Gasteiger charge is -2.39. The second-order valence-electron chi connectivity index (χ2n) is 15.2. The first-order chi connectivity index (χ1) is 28.8. The van der Waals surface area contributed by atoms with E-state index in [0.29, 0.717) is 0 Å². The molecule has 0 bridgehead atoms. The van der Waals surface area contributed by atoms with E-state index in [2.05, 4.69) is 155 Å². The van der Waals surface area contributed by atoms with Gasteiger partial charge in [0.1, 0.15) is 11.5 Å². The maximum Gasteiger partial charge on any atom is 0.132 e. The molecule has 0 amide bonds. The van der Waals surface area contributed by atoms with Crippen molar-refractivity contribution in [2.75, 3.05) is 0 Å². The minimum atomic E-state index is -0.641. The Kier molecular flexibility index (Phi) is 6.28. The van der Waals surface area contributed by atoms with E-state index in [-0.39, 0.29) is 0 Å². The maximum absolute atomic E-state index is 6.71. The van der Waals surface area contributed by atoms with Crippen LogP contribution in [0.4, 0.5) is 0 Å². The summed E-state index contributed by atoms with van der Waals surface area (Å²) in [6.45, 7) is 0. The monoisotopic (exact) mass is 741 g/mol. The van der Waals surface area contributed by atoms with Gasteiger partial charge >= 0.3 is 0 Å². The third-order valence-electron chi connectivity index (χ3n) is 12.4. The average Bonchev–Trinajstić information content (AvgIpc) is 3.91. The predicted octanol–water partition coefficient (Wildman–Crippen LogP) is 12.2. The molecule has 0 atom stereocenters. The van der Waals surface area contributed by atoms with Gasteiger partial charge in [0.25, 0.3) is 0 Å². The highest BCUT2D eigenvalue weighted by Gasteiger charge is 2.52. The summed E-state index contributed by atoms with van der Waals surface area (Å²) in [6.07, 6.45) is 7.62. The SMILES string of the molecule is c1ccc2c(c1)Oc1ccc(-c3ccc4c(c3)c3ccccc3n4-c3ccncc3-n3c4ccccc4c4ccccc43)cc1C21c2cccnc2-c2ncccc21. The van der Waals surface area contributed by atoms with Crippen LogP contribution in [0.3, 0.4) is 0 Å². The fraction of sp³-hybridized carbons (Fsp3) is 0.0192. The molecule has 58 heavy (non-hydrogen) atoms. The quantitative estimate of drug-likeness (QED) is 0.181. The molecule has 11 aromatic rings. The molecule has 0 saturated heterocycles. The van der Waals surface area contributed by atoms with Crippen LogP contribution < -0.4 is 4.74 Å². The van der Waals surface area contributed by atoms with Crippen molar-refractivity contribution >= 4 is 43.6 Å². The Morgan fingerprint density at radius 2 is 0.931 bits per heavy atom. The van der Waals surface area contributed by atoms with Gasteiger partial charge in [-0.05, 0) is 89.0 Å². The van der Waals surface area contributed by atoms with Crippen LogP contribution in [-0.2, 0) is 5.41 Å². The molecule has 6 heteroatoms. The smallest absolute Gasteiger partial charge is 0.132 e. The van der Waals surface area contributed by atoms with Crippen molar-refractivity contribution in [3.63, 3.8) is 0 Å². The number of ether oxygens (including phenoxy) is 1. The van der Waals surface area contributed by atoms with Gasteiger partial charge in [-0.3, -0.25) is 15.0 Å². The van der Waals surface area contributed by atoms with Gasteiger partial charge in [-0.1, -0.05) is 97.1 Å². The van der Waals surface area contributed by atoms with Crippen molar-refractivity contribution in [2.45, 2.75) is 5.41 Å². The highest BCUT2D eigenvalue weighted by molar-refractivity contribution is 6.12. The third kappa shape index (κ3) is 4.03. The Hall–Kier alpha value is -7.83. The molecule has 1 aliphatic carbocycles. The Morgan fingerprint density at radius 1 is 0.397 bits per heavy atom. The van der Waals surface area contributed by atoms with Crippen molar-refractivity contribution in [1.82, 2.24) is 24.1 Å². The lowest BCUT2D eigenvalue weighted by Crippen LogP contribution is -2.32. The Labute approximate surface area is 332 Å². The minimum absolute atomic E-state index is 0.641. The second-order valence-corrected chi connectivity index (χ2v) is 15.2. The number of rotatable bonds is 3. The van der Waals surface area contributed by atoms with Gasteiger partial charge in [-0.2, -0.15) is 0 Å². The summed E-state index contributed by atoms with van der Waals surface area (Å²) >= 11 is 0. The number of hydrogen-bond acceptors (Lipinski definition) is 4. The standard InChI is InChI=1S/C52H31N5O/c1-5-17-42-34(11-1)35-12-2-6-18-43(35)57(42)47-31-53-28-25-46(47)56-44-19-7-3-13-36(44)37-29-32(21-23-45(37)56)33-22-24-49-41(30-33)52(38-14-4-8-20-48(38)58-49)39-15-9-26-54-50(39)51-40(52)16-10-27-55-51/h1-31H. The molecule has 2 aliphatic rings. The van der Waals surface area contributed by atoms with Crippen molar-refractivity contribution < 1.29 is 4.74 Å². The summed E-state index contributed by atoms with van der Waals surface area (Å²) in [4.78, 5) is 14.5. The van der Waals surface area contributed by atoms with Crippen LogP contribution in [0.15, 0.2) is 189 Å². The molecule has 0 radical (unpaired) electrons. The molecule has 1 aliphatic heterocycles. The van der Waals surface area contributed by atoms with Crippen molar-refractivity contribution in [1.29, 1.82) is 0 Å². The van der Waals surface area contributed by atoms with Crippen LogP contribution in [-0.4, -0.2) is 24.1 Å². The van der Waals surface area contributed by atoms with Crippen molar-refractivity contribution in [2.24, 2.45) is 0 Å². The molecule has 270 valence electrons. The van der Waals surface area contributed by atoms with Crippen LogP contribution in [0, 0.1) is 0 Å². The van der Waals surface area contributed by atoms with Crippen LogP contribution in [0.5, 0.6) is 11.5 Å². The summed E-state index contributed by atoms with van der Waals surface area (Å²) < 4.78 is 11.5. The van der Waals surface area contributed by atoms with Crippen LogP contribution >= 0.6 is 0 Å². The zero-order chi connectivity index (χ0) is 38.0. The van der Waals surface area contributed by atoms with Gasteiger partial charge in [0, 0.05) is 51.3 Å². The molecular formula is C52H31N5O. The molecule has 0 fully saturated rings. The summed E-state index contributed by atoms with van der Waals surface area (Å²) in [5, 5.41) is 4.80. The zero-order valence-electron chi connectivity index (χ0n) is 31.0. The molecule has 13 rings (SSSR count). The summed E-state index contributed by atoms with van der Waals surface area (Å²) in [5.41, 5.74) is 14.5. The summed E-state index contributed by atoms with van der Waals surface area (Å²) in [7, 11) is 0. The highest BCUT2D eigenvalue weighted by Crippen LogP contribution is 2.61. The Bertz CT molecular complexity index is 3420. The predicted molar refractivity (Wildman–Crippen MR) is 231 cm³/mol. The highest BCUT2D eigenvalue weighted by atomic mass is 16.5. The average molecular weight is 742 g/mol. The zero-order valence-corrected chi connectivity index (χ0v) is 31.0. The van der Waals surface area contributed by atoms with Gasteiger partial charge in [0.2, 0.25) is 0 Å². The number of pyridine rings is 3. The van der Waals surface area contributed by atoms with E-state index in [1.807, 2.05) is 43.0 Å². The van der Waals surface area contributed by atoms with Crippen LogP contribution in [0.2, 0.25) is 0 Å². The number of nitrogens with zero attached hydrogens (tertiary/aromatic N) is 5. The number of benzene rings is 6. The number of fused-ring (bicyclic) bond motifs is 15. The van der Waals surface area contributed by atoms with Gasteiger partial charge in [0.05, 0.1) is 56.4 Å². The van der Waals surface area contributed by atoms with Crippen molar-refractivity contribution in [3.05, 3.63) is 211 Å². The van der Waals surface area contributed by atoms with Crippen LogP contribution in [0.25, 0.3) is 77.5 Å². The first-order valence-corrected chi connectivity index (χ1v) is 19.6. The number of para-hydroxylation sites is 4. The van der Waals surface area contributed by atoms with Gasteiger partial charge in [-0.25, -0.2) is 0 Å². The fourth-order valence-electron chi connectivity index (χ4n) is 10.1.